The molecule has 3 N–H and O–H groups in total. The Bertz CT molecular complexity index is 1230. The van der Waals surface area contributed by atoms with Crippen molar-refractivity contribution in [1.82, 2.24) is 5.32 Å². The third kappa shape index (κ3) is 4.80. The van der Waals surface area contributed by atoms with Gasteiger partial charge in [-0.15, -0.1) is 0 Å². The lowest BCUT2D eigenvalue weighted by Crippen LogP contribution is -2.28. The van der Waals surface area contributed by atoms with E-state index >= 15 is 0 Å². The van der Waals surface area contributed by atoms with E-state index < -0.39 is 22.0 Å². The summed E-state index contributed by atoms with van der Waals surface area (Å²) < 4.78 is 31.6. The highest BCUT2D eigenvalue weighted by molar-refractivity contribution is 7.92. The van der Waals surface area contributed by atoms with E-state index in [1.807, 2.05) is 31.2 Å². The Morgan fingerprint density at radius 2 is 1.80 bits per heavy atom. The minimum Gasteiger partial charge on any atom is -0.459 e. The van der Waals surface area contributed by atoms with Crippen LogP contribution in [0, 0.1) is 6.92 Å². The predicted octanol–water partition coefficient (Wildman–Crippen LogP) is 3.56. The van der Waals surface area contributed by atoms with Crippen LogP contribution in [0.25, 0.3) is 11.0 Å². The number of hydrogen-bond donors (Lipinski definition) is 3. The maximum Gasteiger partial charge on any atom is 0.254 e. The number of aryl methyl sites for hydroxylation is 1. The summed E-state index contributed by atoms with van der Waals surface area (Å²) in [5, 5.41) is 6.39. The van der Waals surface area contributed by atoms with E-state index in [2.05, 4.69) is 15.4 Å². The molecule has 1 unspecified atom stereocenters. The molecule has 2 aromatic carbocycles. The molecule has 0 spiro atoms. The quantitative estimate of drug-likeness (QED) is 0.554. The van der Waals surface area contributed by atoms with Crippen LogP contribution in [0.1, 0.15) is 41.6 Å². The van der Waals surface area contributed by atoms with E-state index in [1.165, 1.54) is 25.1 Å². The average Bonchev–Trinajstić information content (AvgIpc) is 2.98. The van der Waals surface area contributed by atoms with Crippen molar-refractivity contribution in [3.05, 3.63) is 59.4 Å². The first-order valence-electron chi connectivity index (χ1n) is 9.23. The normalized spacial score (nSPS) is 12.4. The van der Waals surface area contributed by atoms with Crippen LogP contribution in [-0.2, 0) is 14.8 Å². The van der Waals surface area contributed by atoms with Gasteiger partial charge in [0.1, 0.15) is 11.3 Å². The molecule has 0 fully saturated rings. The van der Waals surface area contributed by atoms with Gasteiger partial charge in [-0.2, -0.15) is 0 Å². The van der Waals surface area contributed by atoms with Gasteiger partial charge in [0.05, 0.1) is 23.5 Å². The second-order valence-electron chi connectivity index (χ2n) is 7.10. The zero-order valence-corrected chi connectivity index (χ0v) is 17.9. The van der Waals surface area contributed by atoms with Gasteiger partial charge in [0.15, 0.2) is 0 Å². The Kier molecular flexibility index (Phi) is 5.84. The van der Waals surface area contributed by atoms with Crippen LogP contribution in [0.2, 0.25) is 0 Å². The average molecular weight is 429 g/mol. The monoisotopic (exact) mass is 429 g/mol. The van der Waals surface area contributed by atoms with Gasteiger partial charge in [0.2, 0.25) is 15.9 Å². The minimum absolute atomic E-state index is 0.0762. The highest BCUT2D eigenvalue weighted by Gasteiger charge is 2.21. The topological polar surface area (TPSA) is 118 Å². The molecule has 1 heterocycles. The molecular formula is C21H23N3O5S. The van der Waals surface area contributed by atoms with E-state index in [-0.39, 0.29) is 17.2 Å². The van der Waals surface area contributed by atoms with Crippen LogP contribution in [0.15, 0.2) is 46.9 Å². The van der Waals surface area contributed by atoms with Crippen LogP contribution in [-0.4, -0.2) is 26.5 Å². The summed E-state index contributed by atoms with van der Waals surface area (Å²) in [5.74, 6) is -0.211. The first kappa shape index (κ1) is 21.4. The maximum absolute atomic E-state index is 13.0. The van der Waals surface area contributed by atoms with E-state index in [4.69, 9.17) is 4.42 Å². The molecule has 0 bridgehead atoms. The first-order valence-corrected chi connectivity index (χ1v) is 11.1. The molecule has 3 aromatic rings. The number of fused-ring (bicyclic) bond motifs is 1. The number of benzene rings is 2. The SMILES string of the molecule is CC(=O)Nc1ccc(NS(C)(=O)=O)c(C(=O)NC(C)c2oc3ccccc3c2C)c1. The summed E-state index contributed by atoms with van der Waals surface area (Å²) in [6.45, 7) is 5.04. The lowest BCUT2D eigenvalue weighted by Gasteiger charge is -2.16. The number of furan rings is 1. The lowest BCUT2D eigenvalue weighted by atomic mass is 10.1. The number of rotatable bonds is 6. The Labute approximate surface area is 174 Å². The smallest absolute Gasteiger partial charge is 0.254 e. The second kappa shape index (κ2) is 8.19. The molecule has 0 aliphatic rings. The molecule has 1 aromatic heterocycles. The Morgan fingerprint density at radius 1 is 1.10 bits per heavy atom. The van der Waals surface area contributed by atoms with Crippen molar-refractivity contribution in [1.29, 1.82) is 0 Å². The fourth-order valence-corrected chi connectivity index (χ4v) is 3.83. The molecule has 30 heavy (non-hydrogen) atoms. The molecule has 0 saturated heterocycles. The Hall–Kier alpha value is -3.33. The molecule has 0 aliphatic heterocycles. The number of carbonyl (C=O) groups excluding carboxylic acids is 2. The third-order valence-electron chi connectivity index (χ3n) is 4.50. The van der Waals surface area contributed by atoms with Gasteiger partial charge in [-0.05, 0) is 38.1 Å². The predicted molar refractivity (Wildman–Crippen MR) is 116 cm³/mol. The highest BCUT2D eigenvalue weighted by atomic mass is 32.2. The zero-order chi connectivity index (χ0) is 22.1. The molecule has 158 valence electrons. The number of carbonyl (C=O) groups is 2. The number of hydrogen-bond acceptors (Lipinski definition) is 5. The van der Waals surface area contributed by atoms with Crippen molar-refractivity contribution in [3.8, 4) is 0 Å². The van der Waals surface area contributed by atoms with Gasteiger partial charge in [-0.25, -0.2) is 8.42 Å². The summed E-state index contributed by atoms with van der Waals surface area (Å²) in [7, 11) is -3.61. The van der Waals surface area contributed by atoms with Gasteiger partial charge in [-0.1, -0.05) is 18.2 Å². The summed E-state index contributed by atoms with van der Waals surface area (Å²) in [6, 6.07) is 11.5. The van der Waals surface area contributed by atoms with Gasteiger partial charge in [0, 0.05) is 23.6 Å². The second-order valence-corrected chi connectivity index (χ2v) is 8.85. The van der Waals surface area contributed by atoms with Crippen molar-refractivity contribution in [3.63, 3.8) is 0 Å². The van der Waals surface area contributed by atoms with Gasteiger partial charge < -0.3 is 15.1 Å². The van der Waals surface area contributed by atoms with E-state index in [9.17, 15) is 18.0 Å². The molecule has 9 heteroatoms. The Balaban J connectivity index is 1.93. The number of amides is 2. The molecule has 0 aliphatic carbocycles. The van der Waals surface area contributed by atoms with Crippen molar-refractivity contribution in [2.75, 3.05) is 16.3 Å². The van der Waals surface area contributed by atoms with E-state index in [1.54, 1.807) is 6.92 Å². The molecule has 0 radical (unpaired) electrons. The Morgan fingerprint density at radius 3 is 2.43 bits per heavy atom. The van der Waals surface area contributed by atoms with Gasteiger partial charge in [-0.3, -0.25) is 14.3 Å². The molecule has 8 nitrogen and oxygen atoms in total. The largest absolute Gasteiger partial charge is 0.459 e. The van der Waals surface area contributed by atoms with Crippen LogP contribution < -0.4 is 15.4 Å². The van der Waals surface area contributed by atoms with Crippen LogP contribution >= 0.6 is 0 Å². The molecule has 0 saturated carbocycles. The summed E-state index contributed by atoms with van der Waals surface area (Å²) in [4.78, 5) is 24.4. The summed E-state index contributed by atoms with van der Waals surface area (Å²) in [6.07, 6.45) is 0.997. The number of nitrogens with one attached hydrogen (secondary N) is 3. The molecule has 1 atom stereocenters. The number of anilines is 2. The fourth-order valence-electron chi connectivity index (χ4n) is 3.25. The standard InChI is InChI=1S/C21H23N3O5S/c1-12-16-7-5-6-8-19(16)29-20(12)13(2)22-21(26)17-11-15(23-14(3)25)9-10-18(17)24-30(4,27)28/h5-11,13,24H,1-4H3,(H,22,26)(H,23,25). The van der Waals surface area contributed by atoms with E-state index in [0.717, 1.165) is 22.8 Å². The third-order valence-corrected chi connectivity index (χ3v) is 5.09. The van der Waals surface area contributed by atoms with Gasteiger partial charge in [0.25, 0.3) is 5.91 Å². The number of sulfonamides is 1. The minimum atomic E-state index is -3.61. The van der Waals surface area contributed by atoms with Crippen molar-refractivity contribution in [2.45, 2.75) is 26.8 Å². The molecule has 3 rings (SSSR count). The van der Waals surface area contributed by atoms with Crippen molar-refractivity contribution in [2.24, 2.45) is 0 Å². The fraction of sp³-hybridized carbons (Fsp3) is 0.238. The van der Waals surface area contributed by atoms with Crippen molar-refractivity contribution >= 4 is 44.2 Å². The van der Waals surface area contributed by atoms with Crippen LogP contribution in [0.4, 0.5) is 11.4 Å². The van der Waals surface area contributed by atoms with E-state index in [0.29, 0.717) is 11.4 Å². The lowest BCUT2D eigenvalue weighted by molar-refractivity contribution is -0.114. The maximum atomic E-state index is 13.0. The van der Waals surface area contributed by atoms with Gasteiger partial charge >= 0.3 is 0 Å². The first-order chi connectivity index (χ1) is 14.0. The van der Waals surface area contributed by atoms with Crippen LogP contribution in [0.5, 0.6) is 0 Å². The zero-order valence-electron chi connectivity index (χ0n) is 17.1. The summed E-state index contributed by atoms with van der Waals surface area (Å²) in [5.41, 5.74) is 2.20. The number of para-hydroxylation sites is 1. The van der Waals surface area contributed by atoms with Crippen molar-refractivity contribution < 1.29 is 22.4 Å². The van der Waals surface area contributed by atoms with Crippen LogP contribution in [0.3, 0.4) is 0 Å². The summed E-state index contributed by atoms with van der Waals surface area (Å²) >= 11 is 0. The highest BCUT2D eigenvalue weighted by Crippen LogP contribution is 2.30. The molecular weight excluding hydrogens is 406 g/mol. The molecule has 2 amide bonds.